The Labute approximate surface area is 178 Å². The number of benzene rings is 4. The van der Waals surface area contributed by atoms with Gasteiger partial charge >= 0.3 is 0 Å². The van der Waals surface area contributed by atoms with Crippen LogP contribution in [0.3, 0.4) is 0 Å². The van der Waals surface area contributed by atoms with Gasteiger partial charge in [-0.1, -0.05) is 72.8 Å². The van der Waals surface area contributed by atoms with Gasteiger partial charge in [0.1, 0.15) is 35.1 Å². The number of ether oxygens (including phenoxy) is 1. The lowest BCUT2D eigenvalue weighted by Crippen LogP contribution is -2.36. The van der Waals surface area contributed by atoms with Crippen molar-refractivity contribution < 1.29 is 9.53 Å². The lowest BCUT2D eigenvalue weighted by atomic mass is 10.3. The summed E-state index contributed by atoms with van der Waals surface area (Å²) in [5.41, 5.74) is 0. The highest BCUT2D eigenvalue weighted by molar-refractivity contribution is 7.96. The maximum Gasteiger partial charge on any atom is 0.208 e. The topological polar surface area (TPSA) is 26.3 Å². The molecule has 0 amide bonds. The normalized spacial score (nSPS) is 11.1. The molecule has 0 unspecified atom stereocenters. The average molecular weight is 411 g/mol. The summed E-state index contributed by atoms with van der Waals surface area (Å²) < 4.78 is 5.79. The van der Waals surface area contributed by atoms with E-state index in [1.807, 2.05) is 48.5 Å². The maximum atomic E-state index is 13.3. The van der Waals surface area contributed by atoms with Gasteiger partial charge in [-0.3, -0.25) is 4.79 Å². The molecule has 0 aliphatic rings. The number of ketones is 1. The molecule has 0 aliphatic carbocycles. The molecule has 0 aliphatic heterocycles. The Morgan fingerprint density at radius 3 is 1.33 bits per heavy atom. The summed E-state index contributed by atoms with van der Waals surface area (Å²) in [5, 5.41) is 3.61. The van der Waals surface area contributed by atoms with Crippen molar-refractivity contribution in [3.8, 4) is 5.75 Å². The van der Waals surface area contributed by atoms with Gasteiger partial charge < -0.3 is 4.74 Å². The molecule has 0 aromatic heterocycles. The molecule has 0 saturated carbocycles. The zero-order valence-electron chi connectivity index (χ0n) is 16.7. The molecule has 4 rings (SSSR count). The Balaban J connectivity index is 1.76. The Morgan fingerprint density at radius 2 is 0.933 bits per heavy atom. The summed E-state index contributed by atoms with van der Waals surface area (Å²) in [6.45, 7) is 0.0677. The summed E-state index contributed by atoms with van der Waals surface area (Å²) in [5.74, 6) is 0.817. The first kappa shape index (κ1) is 20.1. The van der Waals surface area contributed by atoms with Gasteiger partial charge in [0.2, 0.25) is 5.78 Å². The first-order valence-corrected chi connectivity index (χ1v) is 12.0. The Kier molecular flexibility index (Phi) is 6.37. The Bertz CT molecular complexity index is 968. The fourth-order valence-electron chi connectivity index (χ4n) is 3.76. The van der Waals surface area contributed by atoms with Crippen LogP contribution in [0, 0.1) is 0 Å². The van der Waals surface area contributed by atoms with Gasteiger partial charge in [-0.05, 0) is 48.5 Å². The Morgan fingerprint density at radius 1 is 0.567 bits per heavy atom. The second-order valence-electron chi connectivity index (χ2n) is 7.11. The smallest absolute Gasteiger partial charge is 0.208 e. The summed E-state index contributed by atoms with van der Waals surface area (Å²) in [7, 11) is -2.16. The highest BCUT2D eigenvalue weighted by Gasteiger charge is 2.47. The van der Waals surface area contributed by atoms with Crippen LogP contribution in [-0.2, 0) is 4.79 Å². The number of Topliss-reactive ketones (excluding diaryl/α,β-unsaturated/α-hetero) is 1. The third kappa shape index (κ3) is 4.35. The number of carbonyl (C=O) groups is 1. The number of hydrogen-bond donors (Lipinski definition) is 0. The standard InChI is InChI=1S/C27H24O2P/c28-23(21-29-24-13-5-1-6-14-24)22-30(25-15-7-2-8-16-25,26-17-9-3-10-18-26)27-19-11-4-12-20-27/h1-20H,21-22H2/q+1. The minimum Gasteiger partial charge on any atom is -0.486 e. The number of hydrogen-bond acceptors (Lipinski definition) is 2. The van der Waals surface area contributed by atoms with Crippen LogP contribution < -0.4 is 20.7 Å². The van der Waals surface area contributed by atoms with Crippen LogP contribution in [-0.4, -0.2) is 18.6 Å². The van der Waals surface area contributed by atoms with Gasteiger partial charge in [0, 0.05) is 0 Å². The molecule has 0 fully saturated rings. The van der Waals surface area contributed by atoms with Crippen molar-refractivity contribution in [3.63, 3.8) is 0 Å². The van der Waals surface area contributed by atoms with Gasteiger partial charge in [0.05, 0.1) is 0 Å². The predicted molar refractivity (Wildman–Crippen MR) is 127 cm³/mol. The Hall–Kier alpha value is -3.22. The zero-order valence-corrected chi connectivity index (χ0v) is 17.6. The molecule has 0 atom stereocenters. The number of rotatable bonds is 8. The van der Waals surface area contributed by atoms with Gasteiger partial charge in [0.15, 0.2) is 6.61 Å². The van der Waals surface area contributed by atoms with Crippen LogP contribution in [0.15, 0.2) is 121 Å². The van der Waals surface area contributed by atoms with Crippen molar-refractivity contribution in [1.82, 2.24) is 0 Å². The molecule has 0 saturated heterocycles. The van der Waals surface area contributed by atoms with E-state index in [0.717, 1.165) is 0 Å². The van der Waals surface area contributed by atoms with E-state index in [1.54, 1.807) is 0 Å². The fraction of sp³-hybridized carbons (Fsp3) is 0.0741. The van der Waals surface area contributed by atoms with Gasteiger partial charge in [0.25, 0.3) is 0 Å². The highest BCUT2D eigenvalue weighted by Crippen LogP contribution is 2.55. The third-order valence-corrected chi connectivity index (χ3v) is 9.51. The van der Waals surface area contributed by atoms with E-state index in [0.29, 0.717) is 11.9 Å². The number of carbonyl (C=O) groups excluding carboxylic acids is 1. The van der Waals surface area contributed by atoms with Crippen LogP contribution in [0.1, 0.15) is 0 Å². The van der Waals surface area contributed by atoms with Crippen LogP contribution in [0.5, 0.6) is 5.75 Å². The van der Waals surface area contributed by atoms with Crippen molar-refractivity contribution in [2.75, 3.05) is 12.8 Å². The monoisotopic (exact) mass is 411 g/mol. The lowest BCUT2D eigenvalue weighted by Gasteiger charge is -2.27. The van der Waals surface area contributed by atoms with E-state index < -0.39 is 7.26 Å². The molecule has 2 nitrogen and oxygen atoms in total. The van der Waals surface area contributed by atoms with E-state index in [1.165, 1.54) is 15.9 Å². The lowest BCUT2D eigenvalue weighted by molar-refractivity contribution is -0.118. The van der Waals surface area contributed by atoms with Crippen molar-refractivity contribution in [2.24, 2.45) is 0 Å². The summed E-state index contributed by atoms with van der Waals surface area (Å²) >= 11 is 0. The van der Waals surface area contributed by atoms with Crippen molar-refractivity contribution in [1.29, 1.82) is 0 Å². The van der Waals surface area contributed by atoms with Gasteiger partial charge in [-0.15, -0.1) is 0 Å². The first-order chi connectivity index (χ1) is 14.8. The minimum atomic E-state index is -2.16. The van der Waals surface area contributed by atoms with Gasteiger partial charge in [-0.25, -0.2) is 0 Å². The van der Waals surface area contributed by atoms with Crippen molar-refractivity contribution >= 4 is 29.0 Å². The molecule has 0 radical (unpaired) electrons. The molecule has 3 heteroatoms. The fourth-order valence-corrected chi connectivity index (χ4v) is 7.86. The van der Waals surface area contributed by atoms with Crippen LogP contribution >= 0.6 is 7.26 Å². The molecule has 30 heavy (non-hydrogen) atoms. The van der Waals surface area contributed by atoms with Crippen LogP contribution in [0.25, 0.3) is 0 Å². The molecule has 0 heterocycles. The van der Waals surface area contributed by atoms with Gasteiger partial charge in [-0.2, -0.15) is 0 Å². The predicted octanol–water partition coefficient (Wildman–Crippen LogP) is 4.63. The third-order valence-electron chi connectivity index (χ3n) is 5.15. The molecule has 0 spiro atoms. The zero-order chi connectivity index (χ0) is 20.7. The molecular formula is C27H24O2P+. The second-order valence-corrected chi connectivity index (χ2v) is 10.6. The van der Waals surface area contributed by atoms with Crippen LogP contribution in [0.4, 0.5) is 0 Å². The van der Waals surface area contributed by atoms with E-state index in [2.05, 4.69) is 72.8 Å². The van der Waals surface area contributed by atoms with Crippen molar-refractivity contribution in [2.45, 2.75) is 0 Å². The van der Waals surface area contributed by atoms with E-state index in [-0.39, 0.29) is 12.4 Å². The first-order valence-electron chi connectivity index (χ1n) is 10.0. The highest BCUT2D eigenvalue weighted by atomic mass is 31.2. The molecule has 4 aromatic rings. The summed E-state index contributed by atoms with van der Waals surface area (Å²) in [6, 6.07) is 40.8. The van der Waals surface area contributed by atoms with Crippen molar-refractivity contribution in [3.05, 3.63) is 121 Å². The quantitative estimate of drug-likeness (QED) is 0.395. The number of para-hydroxylation sites is 1. The summed E-state index contributed by atoms with van der Waals surface area (Å²) in [4.78, 5) is 13.3. The molecule has 0 N–H and O–H groups in total. The van der Waals surface area contributed by atoms with E-state index >= 15 is 0 Å². The van der Waals surface area contributed by atoms with E-state index in [9.17, 15) is 4.79 Å². The average Bonchev–Trinajstić information content (AvgIpc) is 2.83. The molecule has 4 aromatic carbocycles. The second kappa shape index (κ2) is 9.52. The summed E-state index contributed by atoms with van der Waals surface area (Å²) in [6.07, 6.45) is 0.428. The SMILES string of the molecule is O=C(COc1ccccc1)C[P+](c1ccccc1)(c1ccccc1)c1ccccc1. The molecule has 0 bridgehead atoms. The maximum absolute atomic E-state index is 13.3. The van der Waals surface area contributed by atoms with Crippen LogP contribution in [0.2, 0.25) is 0 Å². The molecule has 148 valence electrons. The largest absolute Gasteiger partial charge is 0.486 e. The molecular weight excluding hydrogens is 387 g/mol. The minimum absolute atomic E-state index is 0.0677. The van der Waals surface area contributed by atoms with E-state index in [4.69, 9.17) is 4.74 Å².